The van der Waals surface area contributed by atoms with Crippen molar-refractivity contribution < 1.29 is 0 Å². The summed E-state index contributed by atoms with van der Waals surface area (Å²) in [7, 11) is 0. The SMILES string of the molecule is CC(C)Cc1ccc(-c2ccc(=O)n(CCN)n2)cc1. The van der Waals surface area contributed by atoms with Crippen LogP contribution in [0.15, 0.2) is 41.2 Å². The zero-order valence-corrected chi connectivity index (χ0v) is 12.0. The van der Waals surface area contributed by atoms with Crippen LogP contribution in [0.2, 0.25) is 0 Å². The van der Waals surface area contributed by atoms with Crippen molar-refractivity contribution in [2.24, 2.45) is 11.7 Å². The highest BCUT2D eigenvalue weighted by molar-refractivity contribution is 5.58. The predicted octanol–water partition coefficient (Wildman–Crippen LogP) is 2.07. The Hall–Kier alpha value is -1.94. The quantitative estimate of drug-likeness (QED) is 0.905. The molecule has 1 aromatic heterocycles. The molecule has 2 rings (SSSR count). The Morgan fingerprint density at radius 1 is 1.15 bits per heavy atom. The smallest absolute Gasteiger partial charge is 0.266 e. The number of benzene rings is 1. The number of rotatable bonds is 5. The molecule has 0 amide bonds. The lowest BCUT2D eigenvalue weighted by Gasteiger charge is -2.08. The summed E-state index contributed by atoms with van der Waals surface area (Å²) >= 11 is 0. The number of aromatic nitrogens is 2. The molecule has 0 aliphatic heterocycles. The summed E-state index contributed by atoms with van der Waals surface area (Å²) in [5.41, 5.74) is 8.51. The second-order valence-corrected chi connectivity index (χ2v) is 5.36. The van der Waals surface area contributed by atoms with E-state index in [1.54, 1.807) is 12.1 Å². The maximum absolute atomic E-state index is 11.6. The van der Waals surface area contributed by atoms with Crippen LogP contribution in [0.1, 0.15) is 19.4 Å². The van der Waals surface area contributed by atoms with Crippen LogP contribution >= 0.6 is 0 Å². The van der Waals surface area contributed by atoms with Crippen molar-refractivity contribution in [3.63, 3.8) is 0 Å². The molecule has 0 fully saturated rings. The molecular weight excluding hydrogens is 250 g/mol. The van der Waals surface area contributed by atoms with Crippen molar-refractivity contribution in [1.29, 1.82) is 0 Å². The van der Waals surface area contributed by atoms with Gasteiger partial charge in [0.1, 0.15) is 0 Å². The van der Waals surface area contributed by atoms with Gasteiger partial charge in [0.05, 0.1) is 12.2 Å². The van der Waals surface area contributed by atoms with Gasteiger partial charge in [-0.25, -0.2) is 4.68 Å². The van der Waals surface area contributed by atoms with Crippen LogP contribution in [0, 0.1) is 5.92 Å². The van der Waals surface area contributed by atoms with Crippen LogP contribution in [-0.4, -0.2) is 16.3 Å². The van der Waals surface area contributed by atoms with Crippen molar-refractivity contribution in [2.45, 2.75) is 26.8 Å². The van der Waals surface area contributed by atoms with Crippen molar-refractivity contribution in [2.75, 3.05) is 6.54 Å². The van der Waals surface area contributed by atoms with Gasteiger partial charge in [0.15, 0.2) is 0 Å². The van der Waals surface area contributed by atoms with E-state index >= 15 is 0 Å². The van der Waals surface area contributed by atoms with Crippen molar-refractivity contribution in [3.8, 4) is 11.3 Å². The monoisotopic (exact) mass is 271 g/mol. The molecule has 0 aliphatic carbocycles. The minimum atomic E-state index is -0.115. The lowest BCUT2D eigenvalue weighted by atomic mass is 10.0. The van der Waals surface area contributed by atoms with E-state index in [4.69, 9.17) is 5.73 Å². The van der Waals surface area contributed by atoms with Gasteiger partial charge >= 0.3 is 0 Å². The van der Waals surface area contributed by atoms with Crippen LogP contribution in [-0.2, 0) is 13.0 Å². The highest BCUT2D eigenvalue weighted by Crippen LogP contribution is 2.17. The lowest BCUT2D eigenvalue weighted by molar-refractivity contribution is 0.590. The van der Waals surface area contributed by atoms with E-state index in [1.807, 2.05) is 0 Å². The zero-order chi connectivity index (χ0) is 14.5. The fourth-order valence-electron chi connectivity index (χ4n) is 2.17. The number of nitrogens with zero attached hydrogens (tertiary/aromatic N) is 2. The van der Waals surface area contributed by atoms with Gasteiger partial charge < -0.3 is 5.73 Å². The van der Waals surface area contributed by atoms with Crippen LogP contribution < -0.4 is 11.3 Å². The van der Waals surface area contributed by atoms with Gasteiger partial charge in [0, 0.05) is 18.2 Å². The van der Waals surface area contributed by atoms with Gasteiger partial charge in [-0.2, -0.15) is 5.10 Å². The third kappa shape index (κ3) is 3.54. The first-order valence-electron chi connectivity index (χ1n) is 6.97. The summed E-state index contributed by atoms with van der Waals surface area (Å²) in [6.07, 6.45) is 1.07. The molecule has 0 bridgehead atoms. The normalized spacial score (nSPS) is 11.0. The average molecular weight is 271 g/mol. The summed E-state index contributed by atoms with van der Waals surface area (Å²) in [5, 5.41) is 4.35. The van der Waals surface area contributed by atoms with Gasteiger partial charge in [-0.3, -0.25) is 4.79 Å². The summed E-state index contributed by atoms with van der Waals surface area (Å²) in [5.74, 6) is 0.644. The van der Waals surface area contributed by atoms with Crippen molar-refractivity contribution >= 4 is 0 Å². The van der Waals surface area contributed by atoms with Gasteiger partial charge in [0.25, 0.3) is 5.56 Å². The molecule has 1 aromatic carbocycles. The first-order valence-corrected chi connectivity index (χ1v) is 6.97. The molecule has 0 aliphatic rings. The molecule has 0 saturated carbocycles. The highest BCUT2D eigenvalue weighted by Gasteiger charge is 2.04. The molecule has 20 heavy (non-hydrogen) atoms. The fourth-order valence-corrected chi connectivity index (χ4v) is 2.17. The van der Waals surface area contributed by atoms with Crippen molar-refractivity contribution in [1.82, 2.24) is 9.78 Å². The molecule has 4 heteroatoms. The molecule has 0 saturated heterocycles. The summed E-state index contributed by atoms with van der Waals surface area (Å²) in [6.45, 7) is 5.26. The van der Waals surface area contributed by atoms with Crippen molar-refractivity contribution in [3.05, 3.63) is 52.3 Å². The standard InChI is InChI=1S/C16H21N3O/c1-12(2)11-13-3-5-14(6-4-13)15-7-8-16(20)19(18-15)10-9-17/h3-8,12H,9-11,17H2,1-2H3. The highest BCUT2D eigenvalue weighted by atomic mass is 16.1. The molecule has 0 atom stereocenters. The lowest BCUT2D eigenvalue weighted by Crippen LogP contribution is -2.25. The van der Waals surface area contributed by atoms with Crippen LogP contribution in [0.5, 0.6) is 0 Å². The van der Waals surface area contributed by atoms with Crippen LogP contribution in [0.25, 0.3) is 11.3 Å². The molecule has 1 heterocycles. The molecule has 0 radical (unpaired) electrons. The Bertz CT molecular complexity index is 614. The topological polar surface area (TPSA) is 60.9 Å². The minimum absolute atomic E-state index is 0.115. The number of hydrogen-bond acceptors (Lipinski definition) is 3. The van der Waals surface area contributed by atoms with Crippen LogP contribution in [0.3, 0.4) is 0 Å². The second-order valence-electron chi connectivity index (χ2n) is 5.36. The van der Waals surface area contributed by atoms with Gasteiger partial charge in [-0.05, 0) is 24.0 Å². The third-order valence-electron chi connectivity index (χ3n) is 3.10. The molecule has 4 nitrogen and oxygen atoms in total. The molecule has 2 N–H and O–H groups in total. The second kappa shape index (κ2) is 6.48. The Balaban J connectivity index is 2.27. The Morgan fingerprint density at radius 3 is 2.45 bits per heavy atom. The van der Waals surface area contributed by atoms with E-state index in [0.29, 0.717) is 19.0 Å². The molecule has 0 spiro atoms. The first-order chi connectivity index (χ1) is 9.60. The number of hydrogen-bond donors (Lipinski definition) is 1. The Kier molecular flexibility index (Phi) is 4.69. The molecule has 0 unspecified atom stereocenters. The Morgan fingerprint density at radius 2 is 1.85 bits per heavy atom. The fraction of sp³-hybridized carbons (Fsp3) is 0.375. The van der Waals surface area contributed by atoms with E-state index in [0.717, 1.165) is 17.7 Å². The third-order valence-corrected chi connectivity index (χ3v) is 3.10. The maximum Gasteiger partial charge on any atom is 0.266 e. The summed E-state index contributed by atoms with van der Waals surface area (Å²) < 4.78 is 1.41. The van der Waals surface area contributed by atoms with Gasteiger partial charge in [-0.1, -0.05) is 38.1 Å². The van der Waals surface area contributed by atoms with E-state index in [9.17, 15) is 4.79 Å². The van der Waals surface area contributed by atoms with Gasteiger partial charge in [0.2, 0.25) is 0 Å². The van der Waals surface area contributed by atoms with Gasteiger partial charge in [-0.15, -0.1) is 0 Å². The average Bonchev–Trinajstić information content (AvgIpc) is 2.42. The number of nitrogens with two attached hydrogens (primary N) is 1. The first kappa shape index (κ1) is 14.5. The minimum Gasteiger partial charge on any atom is -0.329 e. The molecular formula is C16H21N3O. The van der Waals surface area contributed by atoms with E-state index in [-0.39, 0.29) is 5.56 Å². The molecule has 2 aromatic rings. The van der Waals surface area contributed by atoms with E-state index in [1.165, 1.54) is 10.2 Å². The van der Waals surface area contributed by atoms with E-state index in [2.05, 4.69) is 43.2 Å². The van der Waals surface area contributed by atoms with Crippen LogP contribution in [0.4, 0.5) is 0 Å². The predicted molar refractivity (Wildman–Crippen MR) is 81.5 cm³/mol. The summed E-state index contributed by atoms with van der Waals surface area (Å²) in [4.78, 5) is 11.6. The Labute approximate surface area is 119 Å². The zero-order valence-electron chi connectivity index (χ0n) is 12.0. The summed E-state index contributed by atoms with van der Waals surface area (Å²) in [6, 6.07) is 11.6. The van der Waals surface area contributed by atoms with E-state index < -0.39 is 0 Å². The molecule has 106 valence electrons. The largest absolute Gasteiger partial charge is 0.329 e. The maximum atomic E-state index is 11.6.